The third kappa shape index (κ3) is 1.65. The molecule has 0 bridgehead atoms. The lowest BCUT2D eigenvalue weighted by molar-refractivity contribution is 0.441. The van der Waals surface area contributed by atoms with Crippen molar-refractivity contribution in [2.45, 2.75) is 38.1 Å². The van der Waals surface area contributed by atoms with Crippen LogP contribution in [0.1, 0.15) is 36.1 Å². The van der Waals surface area contributed by atoms with E-state index in [0.29, 0.717) is 6.04 Å². The Hall–Kier alpha value is -0.340. The molecule has 0 fully saturated rings. The van der Waals surface area contributed by atoms with Crippen LogP contribution in [0.5, 0.6) is 0 Å². The van der Waals surface area contributed by atoms with Crippen molar-refractivity contribution in [1.29, 1.82) is 0 Å². The molecule has 1 nitrogen and oxygen atoms in total. The molecule has 1 aromatic heterocycles. The van der Waals surface area contributed by atoms with Gasteiger partial charge < -0.3 is 5.32 Å². The minimum atomic E-state index is 0.619. The Labute approximate surface area is 84.2 Å². The normalized spacial score (nSPS) is 24.0. The van der Waals surface area contributed by atoms with Crippen LogP contribution in [0.4, 0.5) is 0 Å². The van der Waals surface area contributed by atoms with E-state index in [-0.39, 0.29) is 0 Å². The number of fused-ring (bicyclic) bond motifs is 1. The molecule has 2 heteroatoms. The van der Waals surface area contributed by atoms with Gasteiger partial charge in [0.1, 0.15) is 0 Å². The van der Waals surface area contributed by atoms with Gasteiger partial charge >= 0.3 is 0 Å². The molecule has 0 radical (unpaired) electrons. The number of nitrogens with one attached hydrogen (secondary N) is 1. The summed E-state index contributed by atoms with van der Waals surface area (Å²) in [6, 6.07) is 2.94. The molecule has 0 saturated carbocycles. The van der Waals surface area contributed by atoms with Gasteiger partial charge in [-0.05, 0) is 50.2 Å². The summed E-state index contributed by atoms with van der Waals surface area (Å²) in [5.74, 6) is 0.750. The van der Waals surface area contributed by atoms with E-state index in [4.69, 9.17) is 0 Å². The molecule has 1 aliphatic rings. The molecule has 1 N–H and O–H groups in total. The van der Waals surface area contributed by atoms with Gasteiger partial charge in [-0.15, -0.1) is 11.3 Å². The lowest BCUT2D eigenvalue weighted by Crippen LogP contribution is -2.30. The zero-order chi connectivity index (χ0) is 9.26. The topological polar surface area (TPSA) is 12.0 Å². The van der Waals surface area contributed by atoms with Crippen LogP contribution >= 0.6 is 11.3 Å². The Kier molecular flexibility index (Phi) is 2.70. The Morgan fingerprint density at radius 3 is 3.23 bits per heavy atom. The Balaban J connectivity index is 2.24. The van der Waals surface area contributed by atoms with E-state index in [1.54, 1.807) is 10.4 Å². The smallest absolute Gasteiger partial charge is 0.0105 e. The highest BCUT2D eigenvalue weighted by Gasteiger charge is 2.24. The Morgan fingerprint density at radius 2 is 2.46 bits per heavy atom. The Bertz CT molecular complexity index is 279. The number of hydrogen-bond acceptors (Lipinski definition) is 2. The van der Waals surface area contributed by atoms with Gasteiger partial charge in [0.2, 0.25) is 0 Å². The first kappa shape index (κ1) is 9.22. The molecule has 2 unspecified atom stereocenters. The van der Waals surface area contributed by atoms with Crippen LogP contribution in [-0.4, -0.2) is 13.1 Å². The summed E-state index contributed by atoms with van der Waals surface area (Å²) in [6.45, 7) is 2.29. The molecule has 2 atom stereocenters. The molecule has 1 heterocycles. The zero-order valence-corrected chi connectivity index (χ0v) is 9.16. The first-order valence-electron chi connectivity index (χ1n) is 5.06. The maximum atomic E-state index is 3.37. The Morgan fingerprint density at radius 1 is 1.62 bits per heavy atom. The van der Waals surface area contributed by atoms with Crippen molar-refractivity contribution in [3.63, 3.8) is 0 Å². The quantitative estimate of drug-likeness (QED) is 0.765. The van der Waals surface area contributed by atoms with Crippen molar-refractivity contribution >= 4 is 11.3 Å². The molecular weight excluding hydrogens is 178 g/mol. The van der Waals surface area contributed by atoms with Gasteiger partial charge in [-0.1, -0.05) is 0 Å². The first-order chi connectivity index (χ1) is 6.33. The molecule has 0 spiro atoms. The minimum absolute atomic E-state index is 0.619. The van der Waals surface area contributed by atoms with Crippen LogP contribution in [0, 0.1) is 0 Å². The van der Waals surface area contributed by atoms with Crippen LogP contribution in [-0.2, 0) is 6.42 Å². The van der Waals surface area contributed by atoms with E-state index in [0.717, 1.165) is 5.92 Å². The molecule has 0 saturated heterocycles. The zero-order valence-electron chi connectivity index (χ0n) is 8.34. The van der Waals surface area contributed by atoms with Crippen molar-refractivity contribution in [1.82, 2.24) is 5.32 Å². The number of hydrogen-bond donors (Lipinski definition) is 1. The maximum Gasteiger partial charge on any atom is 0.0105 e. The number of aryl methyl sites for hydroxylation is 1. The van der Waals surface area contributed by atoms with Crippen LogP contribution in [0.3, 0.4) is 0 Å². The predicted molar refractivity (Wildman–Crippen MR) is 58.5 cm³/mol. The molecule has 0 aromatic carbocycles. The second-order valence-corrected chi connectivity index (χ2v) is 4.88. The summed E-state index contributed by atoms with van der Waals surface area (Å²) in [5.41, 5.74) is 1.61. The number of thiophene rings is 1. The summed E-state index contributed by atoms with van der Waals surface area (Å²) < 4.78 is 0. The fourth-order valence-corrected chi connectivity index (χ4v) is 3.24. The lowest BCUT2D eigenvalue weighted by atomic mass is 9.83. The van der Waals surface area contributed by atoms with Crippen LogP contribution in [0.15, 0.2) is 11.4 Å². The van der Waals surface area contributed by atoms with Gasteiger partial charge in [-0.2, -0.15) is 0 Å². The predicted octanol–water partition coefficient (Wildman–Crippen LogP) is 2.78. The highest BCUT2D eigenvalue weighted by molar-refractivity contribution is 7.10. The largest absolute Gasteiger partial charge is 0.317 e. The lowest BCUT2D eigenvalue weighted by Gasteiger charge is -2.27. The number of likely N-dealkylation sites (N-methyl/N-ethyl adjacent to an activating group) is 1. The van der Waals surface area contributed by atoms with Crippen LogP contribution < -0.4 is 5.32 Å². The summed E-state index contributed by atoms with van der Waals surface area (Å²) in [7, 11) is 2.06. The summed E-state index contributed by atoms with van der Waals surface area (Å²) >= 11 is 1.93. The average molecular weight is 195 g/mol. The van der Waals surface area contributed by atoms with E-state index < -0.39 is 0 Å². The molecule has 13 heavy (non-hydrogen) atoms. The molecule has 1 aromatic rings. The monoisotopic (exact) mass is 195 g/mol. The van der Waals surface area contributed by atoms with Crippen molar-refractivity contribution < 1.29 is 0 Å². The fourth-order valence-electron chi connectivity index (χ4n) is 2.24. The van der Waals surface area contributed by atoms with Crippen molar-refractivity contribution in [2.24, 2.45) is 0 Å². The van der Waals surface area contributed by atoms with Gasteiger partial charge in [0, 0.05) is 16.8 Å². The SMILES string of the molecule is CNC(C)C1CCCc2sccc21. The highest BCUT2D eigenvalue weighted by atomic mass is 32.1. The van der Waals surface area contributed by atoms with Gasteiger partial charge in [0.05, 0.1) is 0 Å². The number of rotatable bonds is 2. The van der Waals surface area contributed by atoms with Crippen molar-refractivity contribution in [3.8, 4) is 0 Å². The summed E-state index contributed by atoms with van der Waals surface area (Å²) in [6.07, 6.45) is 4.02. The van der Waals surface area contributed by atoms with E-state index in [1.165, 1.54) is 19.3 Å². The van der Waals surface area contributed by atoms with E-state index in [1.807, 2.05) is 11.3 Å². The highest BCUT2D eigenvalue weighted by Crippen LogP contribution is 2.36. The molecular formula is C11H17NS. The van der Waals surface area contributed by atoms with Gasteiger partial charge in [0.15, 0.2) is 0 Å². The fraction of sp³-hybridized carbons (Fsp3) is 0.636. The molecule has 2 rings (SSSR count). The average Bonchev–Trinajstić information content (AvgIpc) is 2.63. The standard InChI is InChI=1S/C11H17NS/c1-8(12-2)9-4-3-5-11-10(9)6-7-13-11/h6-9,12H,3-5H2,1-2H3. The summed E-state index contributed by atoms with van der Waals surface area (Å²) in [4.78, 5) is 1.62. The van der Waals surface area contributed by atoms with Gasteiger partial charge in [0.25, 0.3) is 0 Å². The molecule has 0 amide bonds. The molecule has 0 aliphatic heterocycles. The van der Waals surface area contributed by atoms with E-state index >= 15 is 0 Å². The second-order valence-electron chi connectivity index (χ2n) is 3.88. The maximum absolute atomic E-state index is 3.37. The first-order valence-corrected chi connectivity index (χ1v) is 5.94. The molecule has 72 valence electrons. The summed E-state index contributed by atoms with van der Waals surface area (Å²) in [5, 5.41) is 5.61. The molecule has 1 aliphatic carbocycles. The second kappa shape index (κ2) is 3.81. The van der Waals surface area contributed by atoms with Crippen molar-refractivity contribution in [3.05, 3.63) is 21.9 Å². The van der Waals surface area contributed by atoms with E-state index in [9.17, 15) is 0 Å². The van der Waals surface area contributed by atoms with Crippen LogP contribution in [0.25, 0.3) is 0 Å². The third-order valence-electron chi connectivity index (χ3n) is 3.16. The van der Waals surface area contributed by atoms with E-state index in [2.05, 4.69) is 30.7 Å². The third-order valence-corrected chi connectivity index (χ3v) is 4.15. The van der Waals surface area contributed by atoms with Gasteiger partial charge in [-0.3, -0.25) is 0 Å². The van der Waals surface area contributed by atoms with Gasteiger partial charge in [-0.25, -0.2) is 0 Å². The van der Waals surface area contributed by atoms with Crippen molar-refractivity contribution in [2.75, 3.05) is 7.05 Å². The van der Waals surface area contributed by atoms with Crippen LogP contribution in [0.2, 0.25) is 0 Å². The minimum Gasteiger partial charge on any atom is -0.317 e.